The van der Waals surface area contributed by atoms with E-state index < -0.39 is 24.3 Å². The molecular formula is C24H19F7N6O6. The Hall–Kier alpha value is -5.10. The van der Waals surface area contributed by atoms with E-state index in [0.29, 0.717) is 35.8 Å². The summed E-state index contributed by atoms with van der Waals surface area (Å²) >= 11 is 0. The molecule has 1 aliphatic heterocycles. The normalized spacial score (nSPS) is 13.9. The number of likely N-dealkylation sites (tertiary alicyclic amines) is 1. The number of piperidine rings is 1. The third-order valence-corrected chi connectivity index (χ3v) is 5.64. The van der Waals surface area contributed by atoms with Gasteiger partial charge in [0.05, 0.1) is 11.0 Å². The van der Waals surface area contributed by atoms with Crippen molar-refractivity contribution in [1.82, 2.24) is 30.0 Å². The van der Waals surface area contributed by atoms with Crippen LogP contribution in [0.15, 0.2) is 47.2 Å². The summed E-state index contributed by atoms with van der Waals surface area (Å²) < 4.78 is 82.3. The standard InChI is InChI=1S/C20H17FN6O2.2C2HF3O2/c21-14-1-2-15-16(11-14)24-18(23-15)20(28)27-9-5-13(6-10-27)19-25-17(26-29-19)12-3-7-22-8-4-12;2*3-2(4,5)1(6)7/h1-4,7-8,11,13H,5-6,9-10H2,(H,23,24);2*(H,6,7). The topological polar surface area (TPSA) is 175 Å². The molecule has 1 fully saturated rings. The Morgan fingerprint density at radius 2 is 1.47 bits per heavy atom. The summed E-state index contributed by atoms with van der Waals surface area (Å²) in [5.74, 6) is -4.62. The number of fused-ring (bicyclic) bond motifs is 1. The largest absolute Gasteiger partial charge is 0.490 e. The van der Waals surface area contributed by atoms with Crippen molar-refractivity contribution in [2.75, 3.05) is 13.1 Å². The SMILES string of the molecule is O=C(O)C(F)(F)F.O=C(O)C(F)(F)F.O=C(c1nc2ccc(F)cc2[nH]1)N1CCC(c2nc(-c3ccncc3)no2)CC1. The molecule has 1 saturated heterocycles. The molecule has 0 radical (unpaired) electrons. The number of nitrogens with one attached hydrogen (secondary N) is 1. The number of aliphatic carboxylic acids is 2. The minimum absolute atomic E-state index is 0.104. The number of rotatable bonds is 3. The van der Waals surface area contributed by atoms with Crippen LogP contribution < -0.4 is 0 Å². The number of imidazole rings is 1. The number of alkyl halides is 6. The van der Waals surface area contributed by atoms with E-state index in [1.54, 1.807) is 23.4 Å². The first-order valence-corrected chi connectivity index (χ1v) is 11.8. The summed E-state index contributed by atoms with van der Waals surface area (Å²) in [7, 11) is 0. The summed E-state index contributed by atoms with van der Waals surface area (Å²) in [6.07, 6.45) is -5.36. The molecular weight excluding hydrogens is 601 g/mol. The molecule has 1 amide bonds. The van der Waals surface area contributed by atoms with E-state index in [1.165, 1.54) is 12.1 Å². The maximum atomic E-state index is 13.3. The quantitative estimate of drug-likeness (QED) is 0.278. The highest BCUT2D eigenvalue weighted by molar-refractivity contribution is 5.94. The Morgan fingerprint density at radius 1 is 0.907 bits per heavy atom. The van der Waals surface area contributed by atoms with Crippen LogP contribution in [0.25, 0.3) is 22.4 Å². The zero-order valence-electron chi connectivity index (χ0n) is 21.4. The molecule has 43 heavy (non-hydrogen) atoms. The van der Waals surface area contributed by atoms with Gasteiger partial charge in [-0.3, -0.25) is 9.78 Å². The first kappa shape index (κ1) is 32.4. The summed E-state index contributed by atoms with van der Waals surface area (Å²) in [6.45, 7) is 1.11. The lowest BCUT2D eigenvalue weighted by atomic mass is 9.96. The summed E-state index contributed by atoms with van der Waals surface area (Å²) in [6, 6.07) is 7.87. The summed E-state index contributed by atoms with van der Waals surface area (Å²) in [5, 5.41) is 18.3. The molecule has 5 rings (SSSR count). The number of carboxylic acids is 2. The zero-order chi connectivity index (χ0) is 31.9. The first-order valence-electron chi connectivity index (χ1n) is 11.8. The molecule has 0 spiro atoms. The molecule has 1 aliphatic rings. The smallest absolute Gasteiger partial charge is 0.475 e. The average Bonchev–Trinajstić information content (AvgIpc) is 3.61. The predicted molar refractivity (Wildman–Crippen MR) is 129 cm³/mol. The number of amides is 1. The van der Waals surface area contributed by atoms with Crippen LogP contribution in [0.3, 0.4) is 0 Å². The Balaban J connectivity index is 0.000000303. The Labute approximate surface area is 235 Å². The van der Waals surface area contributed by atoms with Gasteiger partial charge >= 0.3 is 24.3 Å². The summed E-state index contributed by atoms with van der Waals surface area (Å²) in [4.78, 5) is 48.0. The van der Waals surface area contributed by atoms with E-state index in [2.05, 4.69) is 25.1 Å². The van der Waals surface area contributed by atoms with Gasteiger partial charge in [-0.15, -0.1) is 0 Å². The van der Waals surface area contributed by atoms with Crippen molar-refractivity contribution in [3.05, 3.63) is 60.3 Å². The lowest BCUT2D eigenvalue weighted by molar-refractivity contribution is -0.193. The lowest BCUT2D eigenvalue weighted by Crippen LogP contribution is -2.38. The van der Waals surface area contributed by atoms with E-state index in [4.69, 9.17) is 24.3 Å². The Kier molecular flexibility index (Phi) is 9.99. The van der Waals surface area contributed by atoms with Crippen molar-refractivity contribution in [3.63, 3.8) is 0 Å². The molecule has 4 heterocycles. The Bertz CT molecular complexity index is 1540. The van der Waals surface area contributed by atoms with Gasteiger partial charge in [0.25, 0.3) is 5.91 Å². The van der Waals surface area contributed by atoms with Crippen LogP contribution in [0.2, 0.25) is 0 Å². The fraction of sp³-hybridized carbons (Fsp3) is 0.292. The second kappa shape index (κ2) is 13.3. The van der Waals surface area contributed by atoms with Crippen LogP contribution in [-0.4, -0.2) is 83.5 Å². The van der Waals surface area contributed by atoms with Crippen molar-refractivity contribution in [2.24, 2.45) is 0 Å². The van der Waals surface area contributed by atoms with Crippen molar-refractivity contribution in [3.8, 4) is 11.4 Å². The van der Waals surface area contributed by atoms with Crippen molar-refractivity contribution >= 4 is 28.9 Å². The van der Waals surface area contributed by atoms with Gasteiger partial charge in [-0.25, -0.2) is 19.0 Å². The van der Waals surface area contributed by atoms with Crippen LogP contribution >= 0.6 is 0 Å². The van der Waals surface area contributed by atoms with Gasteiger partial charge in [-0.1, -0.05) is 5.16 Å². The number of aromatic nitrogens is 5. The molecule has 4 aromatic rings. The number of nitrogens with zero attached hydrogens (tertiary/aromatic N) is 5. The molecule has 19 heteroatoms. The maximum Gasteiger partial charge on any atom is 0.490 e. The van der Waals surface area contributed by atoms with E-state index in [1.807, 2.05) is 12.1 Å². The van der Waals surface area contributed by atoms with Crippen LogP contribution in [0.5, 0.6) is 0 Å². The fourth-order valence-electron chi connectivity index (χ4n) is 3.58. The van der Waals surface area contributed by atoms with E-state index >= 15 is 0 Å². The number of aromatic amines is 1. The van der Waals surface area contributed by atoms with Gasteiger partial charge < -0.3 is 24.6 Å². The van der Waals surface area contributed by atoms with Crippen molar-refractivity contribution < 1.29 is 59.9 Å². The minimum Gasteiger partial charge on any atom is -0.475 e. The van der Waals surface area contributed by atoms with Gasteiger partial charge in [-0.05, 0) is 43.2 Å². The first-order chi connectivity index (χ1) is 20.1. The van der Waals surface area contributed by atoms with Crippen LogP contribution in [0.1, 0.15) is 35.3 Å². The lowest BCUT2D eigenvalue weighted by Gasteiger charge is -2.29. The van der Waals surface area contributed by atoms with Gasteiger partial charge in [0, 0.05) is 37.0 Å². The van der Waals surface area contributed by atoms with Crippen molar-refractivity contribution in [1.29, 1.82) is 0 Å². The number of hydrogen-bond donors (Lipinski definition) is 3. The molecule has 3 N–H and O–H groups in total. The van der Waals surface area contributed by atoms with Crippen LogP contribution in [0, 0.1) is 5.82 Å². The minimum atomic E-state index is -5.08. The summed E-state index contributed by atoms with van der Waals surface area (Å²) in [5.41, 5.74) is 1.93. The predicted octanol–water partition coefficient (Wildman–Crippen LogP) is 4.43. The number of halogens is 7. The molecule has 0 aliphatic carbocycles. The number of benzene rings is 1. The number of carboxylic acid groups (broad SMARTS) is 2. The molecule has 0 saturated carbocycles. The van der Waals surface area contributed by atoms with E-state index in [-0.39, 0.29) is 23.5 Å². The average molecular weight is 620 g/mol. The molecule has 0 bridgehead atoms. The molecule has 0 atom stereocenters. The number of H-pyrrole nitrogens is 1. The highest BCUT2D eigenvalue weighted by Gasteiger charge is 2.39. The van der Waals surface area contributed by atoms with Gasteiger partial charge in [-0.2, -0.15) is 31.3 Å². The molecule has 1 aromatic carbocycles. The number of carbonyl (C=O) groups excluding carboxylic acids is 1. The second-order valence-electron chi connectivity index (χ2n) is 8.61. The van der Waals surface area contributed by atoms with Gasteiger partial charge in [0.15, 0.2) is 5.82 Å². The number of carbonyl (C=O) groups is 3. The third kappa shape index (κ3) is 8.94. The van der Waals surface area contributed by atoms with Crippen LogP contribution in [0.4, 0.5) is 30.7 Å². The van der Waals surface area contributed by atoms with Crippen molar-refractivity contribution in [2.45, 2.75) is 31.1 Å². The monoisotopic (exact) mass is 620 g/mol. The van der Waals surface area contributed by atoms with Gasteiger partial charge in [0.1, 0.15) is 5.82 Å². The number of hydrogen-bond acceptors (Lipinski definition) is 8. The van der Waals surface area contributed by atoms with E-state index in [0.717, 1.165) is 18.4 Å². The van der Waals surface area contributed by atoms with Crippen LogP contribution in [-0.2, 0) is 9.59 Å². The molecule has 12 nitrogen and oxygen atoms in total. The zero-order valence-corrected chi connectivity index (χ0v) is 21.4. The molecule has 0 unspecified atom stereocenters. The highest BCUT2D eigenvalue weighted by atomic mass is 19.4. The third-order valence-electron chi connectivity index (χ3n) is 5.64. The maximum absolute atomic E-state index is 13.3. The molecule has 3 aromatic heterocycles. The van der Waals surface area contributed by atoms with Gasteiger partial charge in [0.2, 0.25) is 11.7 Å². The molecule has 230 valence electrons. The Morgan fingerprint density at radius 3 is 2.00 bits per heavy atom. The fourth-order valence-corrected chi connectivity index (χ4v) is 3.58. The van der Waals surface area contributed by atoms with E-state index in [9.17, 15) is 35.5 Å². The second-order valence-corrected chi connectivity index (χ2v) is 8.61. The highest BCUT2D eigenvalue weighted by Crippen LogP contribution is 2.29. The number of pyridine rings is 1.